The third kappa shape index (κ3) is 6.37. The molecule has 34 heavy (non-hydrogen) atoms. The van der Waals surface area contributed by atoms with E-state index in [-0.39, 0.29) is 11.7 Å². The molecular weight excluding hydrogens is 499 g/mol. The van der Waals surface area contributed by atoms with Crippen molar-refractivity contribution in [1.82, 2.24) is 14.8 Å². The van der Waals surface area contributed by atoms with Gasteiger partial charge >= 0.3 is 0 Å². The van der Waals surface area contributed by atoms with Crippen molar-refractivity contribution < 1.29 is 19.0 Å². The van der Waals surface area contributed by atoms with E-state index in [1.807, 2.05) is 11.5 Å². The lowest BCUT2D eigenvalue weighted by molar-refractivity contribution is -0.113. The molecule has 0 bridgehead atoms. The molecule has 0 aliphatic rings. The second kappa shape index (κ2) is 12.0. The van der Waals surface area contributed by atoms with Gasteiger partial charge in [0.15, 0.2) is 17.1 Å². The number of amides is 1. The quantitative estimate of drug-likeness (QED) is 0.256. The lowest BCUT2D eigenvalue weighted by Gasteiger charge is -2.16. The summed E-state index contributed by atoms with van der Waals surface area (Å²) < 4.78 is 18.3. The number of rotatable bonds is 11. The molecule has 0 radical (unpaired) electrons. The van der Waals surface area contributed by atoms with E-state index in [0.29, 0.717) is 50.5 Å². The highest BCUT2D eigenvalue weighted by molar-refractivity contribution is 7.99. The second-order valence-electron chi connectivity index (χ2n) is 6.98. The van der Waals surface area contributed by atoms with Crippen molar-refractivity contribution in [2.75, 3.05) is 25.3 Å². The van der Waals surface area contributed by atoms with Crippen LogP contribution in [0.4, 0.5) is 5.69 Å². The van der Waals surface area contributed by atoms with Crippen molar-refractivity contribution in [1.29, 1.82) is 0 Å². The van der Waals surface area contributed by atoms with Gasteiger partial charge in [0.25, 0.3) is 0 Å². The minimum atomic E-state index is -0.479. The zero-order valence-corrected chi connectivity index (χ0v) is 21.2. The molecule has 11 heteroatoms. The van der Waals surface area contributed by atoms with Crippen LogP contribution in [0, 0.1) is 0 Å². The van der Waals surface area contributed by atoms with E-state index in [2.05, 4.69) is 22.1 Å². The summed E-state index contributed by atoms with van der Waals surface area (Å²) in [6.45, 7) is 6.07. The van der Waals surface area contributed by atoms with Gasteiger partial charge in [0.2, 0.25) is 5.91 Å². The largest absolute Gasteiger partial charge is 0.497 e. The van der Waals surface area contributed by atoms with Crippen molar-refractivity contribution in [3.8, 4) is 17.2 Å². The molecule has 8 nitrogen and oxygen atoms in total. The average molecular weight is 523 g/mol. The molecule has 0 saturated heterocycles. The molecule has 1 amide bonds. The van der Waals surface area contributed by atoms with Crippen LogP contribution in [0.2, 0.25) is 10.0 Å². The summed E-state index contributed by atoms with van der Waals surface area (Å²) in [5.41, 5.74) is 0.515. The first kappa shape index (κ1) is 25.7. The van der Waals surface area contributed by atoms with E-state index in [1.165, 1.54) is 18.9 Å². The maximum absolute atomic E-state index is 12.6. The van der Waals surface area contributed by atoms with Gasteiger partial charge in [-0.3, -0.25) is 9.36 Å². The SMILES string of the molecule is C=CCn1c(SCC(=O)Nc2cc(OC)ccc2OC)nnc1C(C)Oc1cc(Cl)ccc1Cl. The molecule has 0 aliphatic carbocycles. The van der Waals surface area contributed by atoms with Crippen LogP contribution in [0.15, 0.2) is 54.2 Å². The van der Waals surface area contributed by atoms with Crippen molar-refractivity contribution in [3.63, 3.8) is 0 Å². The number of carbonyl (C=O) groups is 1. The summed E-state index contributed by atoms with van der Waals surface area (Å²) in [5, 5.41) is 12.8. The smallest absolute Gasteiger partial charge is 0.234 e. The van der Waals surface area contributed by atoms with Crippen molar-refractivity contribution in [2.45, 2.75) is 24.7 Å². The molecule has 0 saturated carbocycles. The highest BCUT2D eigenvalue weighted by Gasteiger charge is 2.21. The van der Waals surface area contributed by atoms with Gasteiger partial charge in [0, 0.05) is 23.7 Å². The van der Waals surface area contributed by atoms with Crippen LogP contribution in [-0.4, -0.2) is 40.6 Å². The number of anilines is 1. The number of thioether (sulfide) groups is 1. The van der Waals surface area contributed by atoms with Crippen molar-refractivity contribution in [3.05, 3.63) is 64.9 Å². The van der Waals surface area contributed by atoms with E-state index in [9.17, 15) is 4.79 Å². The molecule has 3 rings (SSSR count). The number of nitrogens with one attached hydrogen (secondary N) is 1. The summed E-state index contributed by atoms with van der Waals surface area (Å²) >= 11 is 13.5. The molecule has 0 fully saturated rings. The average Bonchev–Trinajstić information content (AvgIpc) is 3.23. The van der Waals surface area contributed by atoms with Crippen LogP contribution in [-0.2, 0) is 11.3 Å². The van der Waals surface area contributed by atoms with Crippen LogP contribution in [0.3, 0.4) is 0 Å². The fourth-order valence-corrected chi connectivity index (χ4v) is 4.13. The second-order valence-corrected chi connectivity index (χ2v) is 8.76. The minimum Gasteiger partial charge on any atom is -0.497 e. The number of carbonyl (C=O) groups excluding carboxylic acids is 1. The number of nitrogens with zero attached hydrogens (tertiary/aromatic N) is 3. The van der Waals surface area contributed by atoms with E-state index >= 15 is 0 Å². The number of methoxy groups -OCH3 is 2. The molecule has 1 N–H and O–H groups in total. The molecule has 3 aromatic rings. The topological polar surface area (TPSA) is 87.5 Å². The predicted octanol–water partition coefficient (Wildman–Crippen LogP) is 5.66. The number of hydrogen-bond donors (Lipinski definition) is 1. The highest BCUT2D eigenvalue weighted by Crippen LogP contribution is 2.32. The van der Waals surface area contributed by atoms with E-state index < -0.39 is 6.10 Å². The standard InChI is InChI=1S/C23H24Cl2N4O4S/c1-5-10-29-22(14(2)33-20-11-15(24)6-8-17(20)25)27-28-23(29)34-13-21(30)26-18-12-16(31-3)7-9-19(18)32-4/h5-9,11-12,14H,1,10,13H2,2-4H3,(H,26,30). The van der Waals surface area contributed by atoms with Crippen molar-refractivity contribution in [2.24, 2.45) is 0 Å². The number of aromatic nitrogens is 3. The monoisotopic (exact) mass is 522 g/mol. The molecule has 180 valence electrons. The number of halogens is 2. The summed E-state index contributed by atoms with van der Waals surface area (Å²) in [6.07, 6.45) is 1.24. The van der Waals surface area contributed by atoms with Gasteiger partial charge in [-0.1, -0.05) is 41.0 Å². The van der Waals surface area contributed by atoms with Crippen LogP contribution < -0.4 is 19.5 Å². The summed E-state index contributed by atoms with van der Waals surface area (Å²) in [5.74, 6) is 2.00. The molecule has 1 unspecified atom stereocenters. The molecule has 0 aliphatic heterocycles. The van der Waals surface area contributed by atoms with Crippen LogP contribution >= 0.6 is 35.0 Å². The Hall–Kier alpha value is -2.88. The Labute approximate surface area is 212 Å². The predicted molar refractivity (Wildman–Crippen MR) is 135 cm³/mol. The van der Waals surface area contributed by atoms with Gasteiger partial charge in [-0.15, -0.1) is 16.8 Å². The van der Waals surface area contributed by atoms with Crippen LogP contribution in [0.1, 0.15) is 18.9 Å². The fraction of sp³-hybridized carbons (Fsp3) is 0.261. The first-order chi connectivity index (χ1) is 16.4. The highest BCUT2D eigenvalue weighted by atomic mass is 35.5. The molecule has 1 aromatic heterocycles. The van der Waals surface area contributed by atoms with E-state index in [4.69, 9.17) is 37.4 Å². The van der Waals surface area contributed by atoms with Crippen molar-refractivity contribution >= 4 is 46.6 Å². The Kier molecular flexibility index (Phi) is 9.09. The summed E-state index contributed by atoms with van der Waals surface area (Å²) in [6, 6.07) is 10.2. The lowest BCUT2D eigenvalue weighted by atomic mass is 10.2. The Morgan fingerprint density at radius 1 is 1.18 bits per heavy atom. The zero-order chi connectivity index (χ0) is 24.7. The van der Waals surface area contributed by atoms with Gasteiger partial charge in [0.1, 0.15) is 17.2 Å². The maximum Gasteiger partial charge on any atom is 0.234 e. The summed E-state index contributed by atoms with van der Waals surface area (Å²) in [7, 11) is 3.09. The molecule has 2 aromatic carbocycles. The Morgan fingerprint density at radius 2 is 1.97 bits per heavy atom. The molecular formula is C23H24Cl2N4O4S. The van der Waals surface area contributed by atoms with E-state index in [0.717, 1.165) is 0 Å². The van der Waals surface area contributed by atoms with Gasteiger partial charge in [-0.2, -0.15) is 0 Å². The van der Waals surface area contributed by atoms with E-state index in [1.54, 1.807) is 49.6 Å². The maximum atomic E-state index is 12.6. The van der Waals surface area contributed by atoms with Crippen LogP contribution in [0.5, 0.6) is 17.2 Å². The van der Waals surface area contributed by atoms with Gasteiger partial charge in [0.05, 0.1) is 30.7 Å². The first-order valence-electron chi connectivity index (χ1n) is 10.2. The number of ether oxygens (including phenoxy) is 3. The Balaban J connectivity index is 1.71. The molecule has 0 spiro atoms. The normalized spacial score (nSPS) is 11.6. The molecule has 1 heterocycles. The van der Waals surface area contributed by atoms with Crippen LogP contribution in [0.25, 0.3) is 0 Å². The number of benzene rings is 2. The Morgan fingerprint density at radius 3 is 2.68 bits per heavy atom. The fourth-order valence-electron chi connectivity index (χ4n) is 3.05. The first-order valence-corrected chi connectivity index (χ1v) is 11.9. The summed E-state index contributed by atoms with van der Waals surface area (Å²) in [4.78, 5) is 12.6. The molecule has 1 atom stereocenters. The zero-order valence-electron chi connectivity index (χ0n) is 18.9. The van der Waals surface area contributed by atoms with Gasteiger partial charge in [-0.25, -0.2) is 0 Å². The van der Waals surface area contributed by atoms with Gasteiger partial charge < -0.3 is 19.5 Å². The lowest BCUT2D eigenvalue weighted by Crippen LogP contribution is -2.16. The van der Waals surface area contributed by atoms with Gasteiger partial charge in [-0.05, 0) is 31.2 Å². The third-order valence-electron chi connectivity index (χ3n) is 4.63. The Bertz CT molecular complexity index is 1170. The minimum absolute atomic E-state index is 0.102. The third-order valence-corrected chi connectivity index (χ3v) is 6.14. The number of hydrogen-bond acceptors (Lipinski definition) is 7. The number of allylic oxidation sites excluding steroid dienone is 1.